The number of carbonyl (C=O) groups excluding carboxylic acids is 1. The zero-order valence-electron chi connectivity index (χ0n) is 12.1. The number of hydrogen-bond acceptors (Lipinski definition) is 3. The van der Waals surface area contributed by atoms with Gasteiger partial charge in [-0.1, -0.05) is 26.0 Å². The quantitative estimate of drug-likeness (QED) is 0.813. The van der Waals surface area contributed by atoms with Crippen LogP contribution in [-0.4, -0.2) is 43.4 Å². The van der Waals surface area contributed by atoms with Crippen molar-refractivity contribution in [3.8, 4) is 0 Å². The first-order chi connectivity index (χ1) is 9.26. The number of likely N-dealkylation sites (N-methyl/N-ethyl adjacent to an activating group) is 1. The Morgan fingerprint density at radius 2 is 1.95 bits per heavy atom. The van der Waals surface area contributed by atoms with Crippen LogP contribution in [0.4, 0.5) is 5.69 Å². The Kier molecular flexibility index (Phi) is 4.97. The normalized spacial score (nSPS) is 15.5. The summed E-state index contributed by atoms with van der Waals surface area (Å²) in [6, 6.07) is 8.04. The van der Waals surface area contributed by atoms with E-state index >= 15 is 0 Å². The number of ketones is 1. The van der Waals surface area contributed by atoms with E-state index in [1.54, 1.807) is 0 Å². The van der Waals surface area contributed by atoms with Crippen LogP contribution in [0.2, 0.25) is 0 Å². The van der Waals surface area contributed by atoms with Gasteiger partial charge in [0, 0.05) is 37.3 Å². The molecule has 0 atom stereocenters. The molecule has 1 aromatic rings. The lowest BCUT2D eigenvalue weighted by atomic mass is 10.1. The summed E-state index contributed by atoms with van der Waals surface area (Å²) in [6.07, 6.45) is 1.64. The molecule has 0 aromatic heterocycles. The highest BCUT2D eigenvalue weighted by Crippen LogP contribution is 2.25. The molecule has 3 heteroatoms. The lowest BCUT2D eigenvalue weighted by molar-refractivity contribution is 0.0984. The fraction of sp³-hybridized carbons (Fsp3) is 0.562. The summed E-state index contributed by atoms with van der Waals surface area (Å²) in [5, 5.41) is 0. The molecule has 0 aliphatic carbocycles. The fourth-order valence-electron chi connectivity index (χ4n) is 2.71. The van der Waals surface area contributed by atoms with Crippen LogP contribution in [0.5, 0.6) is 0 Å². The van der Waals surface area contributed by atoms with Gasteiger partial charge in [-0.2, -0.15) is 0 Å². The second kappa shape index (κ2) is 6.71. The van der Waals surface area contributed by atoms with Crippen molar-refractivity contribution in [3.05, 3.63) is 29.8 Å². The summed E-state index contributed by atoms with van der Waals surface area (Å²) >= 11 is 0. The number of benzene rings is 1. The van der Waals surface area contributed by atoms with Crippen LogP contribution >= 0.6 is 0 Å². The molecule has 0 spiro atoms. The minimum absolute atomic E-state index is 0.293. The van der Waals surface area contributed by atoms with Gasteiger partial charge in [-0.25, -0.2) is 0 Å². The topological polar surface area (TPSA) is 23.6 Å². The lowest BCUT2D eigenvalue weighted by Crippen LogP contribution is -2.35. The van der Waals surface area contributed by atoms with E-state index in [9.17, 15) is 4.79 Å². The number of rotatable bonds is 5. The molecule has 1 aromatic carbocycles. The minimum atomic E-state index is 0.293. The molecule has 0 fully saturated rings. The zero-order valence-corrected chi connectivity index (χ0v) is 12.1. The highest BCUT2D eigenvalue weighted by molar-refractivity contribution is 6.01. The number of hydrogen-bond donors (Lipinski definition) is 0. The molecular formula is C16H24N2O. The molecule has 0 unspecified atom stereocenters. The molecule has 2 rings (SSSR count). The largest absolute Gasteiger partial charge is 0.370 e. The van der Waals surface area contributed by atoms with Gasteiger partial charge in [0.25, 0.3) is 0 Å². The highest BCUT2D eigenvalue weighted by atomic mass is 16.1. The molecule has 0 radical (unpaired) electrons. The van der Waals surface area contributed by atoms with Crippen molar-refractivity contribution >= 4 is 11.5 Å². The number of para-hydroxylation sites is 1. The van der Waals surface area contributed by atoms with Crippen molar-refractivity contribution in [1.82, 2.24) is 4.90 Å². The zero-order chi connectivity index (χ0) is 13.7. The lowest BCUT2D eigenvalue weighted by Gasteiger charge is -2.28. The molecule has 19 heavy (non-hydrogen) atoms. The third-order valence-electron chi connectivity index (χ3n) is 3.96. The van der Waals surface area contributed by atoms with Crippen LogP contribution in [-0.2, 0) is 0 Å². The maximum atomic E-state index is 12.1. The second-order valence-corrected chi connectivity index (χ2v) is 5.06. The Hall–Kier alpha value is -1.35. The van der Waals surface area contributed by atoms with Crippen molar-refractivity contribution in [3.63, 3.8) is 0 Å². The Labute approximate surface area is 116 Å². The van der Waals surface area contributed by atoms with Gasteiger partial charge >= 0.3 is 0 Å². The van der Waals surface area contributed by atoms with Crippen molar-refractivity contribution in [2.45, 2.75) is 26.7 Å². The highest BCUT2D eigenvalue weighted by Gasteiger charge is 2.20. The second-order valence-electron chi connectivity index (χ2n) is 5.06. The Morgan fingerprint density at radius 1 is 1.21 bits per heavy atom. The van der Waals surface area contributed by atoms with Crippen LogP contribution in [0.1, 0.15) is 37.0 Å². The molecule has 104 valence electrons. The molecule has 1 heterocycles. The van der Waals surface area contributed by atoms with Crippen molar-refractivity contribution in [2.24, 2.45) is 0 Å². The van der Waals surface area contributed by atoms with Crippen LogP contribution in [0.3, 0.4) is 0 Å². The third-order valence-corrected chi connectivity index (χ3v) is 3.96. The van der Waals surface area contributed by atoms with Crippen LogP contribution in [0, 0.1) is 0 Å². The first-order valence-corrected chi connectivity index (χ1v) is 7.35. The average molecular weight is 260 g/mol. The summed E-state index contributed by atoms with van der Waals surface area (Å²) in [5.74, 6) is 0.293. The van der Waals surface area contributed by atoms with Gasteiger partial charge in [0.05, 0.1) is 0 Å². The van der Waals surface area contributed by atoms with Gasteiger partial charge < -0.3 is 9.80 Å². The van der Waals surface area contributed by atoms with Gasteiger partial charge in [-0.05, 0) is 31.6 Å². The molecule has 1 aliphatic rings. The van der Waals surface area contributed by atoms with E-state index in [1.807, 2.05) is 18.2 Å². The summed E-state index contributed by atoms with van der Waals surface area (Å²) in [7, 11) is 0. The first kappa shape index (κ1) is 14.1. The van der Waals surface area contributed by atoms with E-state index in [4.69, 9.17) is 0 Å². The van der Waals surface area contributed by atoms with E-state index < -0.39 is 0 Å². The maximum Gasteiger partial charge on any atom is 0.165 e. The smallest absolute Gasteiger partial charge is 0.165 e. The van der Waals surface area contributed by atoms with E-state index in [0.29, 0.717) is 12.2 Å². The predicted molar refractivity (Wildman–Crippen MR) is 80.0 cm³/mol. The molecular weight excluding hydrogens is 236 g/mol. The van der Waals surface area contributed by atoms with E-state index in [0.717, 1.165) is 50.4 Å². The number of carbonyl (C=O) groups is 1. The first-order valence-electron chi connectivity index (χ1n) is 7.35. The molecule has 0 saturated heterocycles. The third kappa shape index (κ3) is 3.35. The summed E-state index contributed by atoms with van der Waals surface area (Å²) in [4.78, 5) is 16.9. The average Bonchev–Trinajstić information content (AvgIpc) is 2.61. The van der Waals surface area contributed by atoms with Gasteiger partial charge in [0.15, 0.2) is 5.78 Å². The molecule has 3 nitrogen and oxygen atoms in total. The minimum Gasteiger partial charge on any atom is -0.370 e. The monoisotopic (exact) mass is 260 g/mol. The number of Topliss-reactive ketones (excluding diaryl/α,β-unsaturated/α-hetero) is 1. The molecule has 0 N–H and O–H groups in total. The number of nitrogens with zero attached hydrogens (tertiary/aromatic N) is 2. The van der Waals surface area contributed by atoms with Gasteiger partial charge in [-0.3, -0.25) is 4.79 Å². The fourth-order valence-corrected chi connectivity index (χ4v) is 2.71. The summed E-state index contributed by atoms with van der Waals surface area (Å²) in [6.45, 7) is 9.63. The molecule has 0 amide bonds. The number of anilines is 1. The van der Waals surface area contributed by atoms with Crippen LogP contribution in [0.15, 0.2) is 24.3 Å². The maximum absolute atomic E-state index is 12.1. The predicted octanol–water partition coefficient (Wildman–Crippen LogP) is 2.81. The van der Waals surface area contributed by atoms with Crippen LogP contribution < -0.4 is 4.90 Å². The number of fused-ring (bicyclic) bond motifs is 1. The standard InChI is InChI=1S/C16H24N2O/c1-3-17(4-2)12-13-18-11-7-10-16(19)14-8-5-6-9-15(14)18/h5-6,8-9H,3-4,7,10-13H2,1-2H3. The molecule has 1 aliphatic heterocycles. The Bertz CT molecular complexity index is 427. The molecule has 0 saturated carbocycles. The molecule has 0 bridgehead atoms. The Balaban J connectivity index is 2.12. The van der Waals surface area contributed by atoms with Gasteiger partial charge in [0.1, 0.15) is 0 Å². The van der Waals surface area contributed by atoms with Gasteiger partial charge in [0.2, 0.25) is 0 Å². The summed E-state index contributed by atoms with van der Waals surface area (Å²) < 4.78 is 0. The van der Waals surface area contributed by atoms with E-state index in [2.05, 4.69) is 29.7 Å². The summed E-state index contributed by atoms with van der Waals surface area (Å²) in [5.41, 5.74) is 2.02. The van der Waals surface area contributed by atoms with Crippen LogP contribution in [0.25, 0.3) is 0 Å². The van der Waals surface area contributed by atoms with Crippen molar-refractivity contribution in [1.29, 1.82) is 0 Å². The van der Waals surface area contributed by atoms with Gasteiger partial charge in [-0.15, -0.1) is 0 Å². The van der Waals surface area contributed by atoms with Crippen molar-refractivity contribution in [2.75, 3.05) is 37.6 Å². The van der Waals surface area contributed by atoms with Crippen molar-refractivity contribution < 1.29 is 4.79 Å². The van der Waals surface area contributed by atoms with E-state index in [-0.39, 0.29) is 0 Å². The Morgan fingerprint density at radius 3 is 2.68 bits per heavy atom. The van der Waals surface area contributed by atoms with E-state index in [1.165, 1.54) is 0 Å². The SMILES string of the molecule is CCN(CC)CCN1CCCC(=O)c2ccccc21.